The van der Waals surface area contributed by atoms with E-state index in [2.05, 4.69) is 43.3 Å². The fourth-order valence-electron chi connectivity index (χ4n) is 1.55. The van der Waals surface area contributed by atoms with Crippen molar-refractivity contribution in [3.63, 3.8) is 0 Å². The number of nitrogens with one attached hydrogen (secondary N) is 2. The van der Waals surface area contributed by atoms with Gasteiger partial charge in [-0.3, -0.25) is 4.99 Å². The van der Waals surface area contributed by atoms with Crippen molar-refractivity contribution in [1.29, 1.82) is 0 Å². The van der Waals surface area contributed by atoms with Gasteiger partial charge in [-0.2, -0.15) is 0 Å². The minimum Gasteiger partial charge on any atom is -0.354 e. The third kappa shape index (κ3) is 5.99. The lowest BCUT2D eigenvalue weighted by Gasteiger charge is -2.23. The summed E-state index contributed by atoms with van der Waals surface area (Å²) in [6, 6.07) is 1.16. The zero-order valence-electron chi connectivity index (χ0n) is 11.4. The molecule has 1 aliphatic rings. The number of rotatable bonds is 4. The molecule has 1 unspecified atom stereocenters. The van der Waals surface area contributed by atoms with E-state index >= 15 is 0 Å². The molecular formula is C13H27N3. The molecule has 3 heteroatoms. The van der Waals surface area contributed by atoms with Crippen LogP contribution < -0.4 is 10.6 Å². The Morgan fingerprint density at radius 3 is 2.44 bits per heavy atom. The smallest absolute Gasteiger partial charge is 0.191 e. The zero-order valence-corrected chi connectivity index (χ0v) is 11.4. The second-order valence-electron chi connectivity index (χ2n) is 6.14. The molecule has 0 radical (unpaired) electrons. The van der Waals surface area contributed by atoms with Crippen LogP contribution in [-0.4, -0.2) is 25.1 Å². The average molecular weight is 225 g/mol. The van der Waals surface area contributed by atoms with E-state index in [9.17, 15) is 0 Å². The predicted molar refractivity (Wildman–Crippen MR) is 70.8 cm³/mol. The van der Waals surface area contributed by atoms with Gasteiger partial charge in [0.2, 0.25) is 0 Å². The normalized spacial score (nSPS) is 19.4. The minimum absolute atomic E-state index is 0.420. The van der Waals surface area contributed by atoms with E-state index in [0.29, 0.717) is 17.5 Å². The van der Waals surface area contributed by atoms with Crippen LogP contribution in [0.3, 0.4) is 0 Å². The van der Waals surface area contributed by atoms with E-state index in [-0.39, 0.29) is 0 Å². The number of nitrogens with zero attached hydrogens (tertiary/aromatic N) is 1. The molecule has 1 saturated carbocycles. The summed E-state index contributed by atoms with van der Waals surface area (Å²) in [5, 5.41) is 6.86. The highest BCUT2D eigenvalue weighted by Crippen LogP contribution is 2.21. The maximum absolute atomic E-state index is 4.25. The second kappa shape index (κ2) is 5.55. The van der Waals surface area contributed by atoms with Crippen LogP contribution >= 0.6 is 0 Å². The van der Waals surface area contributed by atoms with Crippen LogP contribution in [0.15, 0.2) is 4.99 Å². The van der Waals surface area contributed by atoms with E-state index in [1.165, 1.54) is 25.7 Å². The molecule has 0 aromatic rings. The molecule has 0 bridgehead atoms. The van der Waals surface area contributed by atoms with E-state index in [1.54, 1.807) is 0 Å². The summed E-state index contributed by atoms with van der Waals surface area (Å²) in [5.41, 5.74) is 0.420. The van der Waals surface area contributed by atoms with E-state index in [1.807, 2.05) is 7.05 Å². The molecule has 1 fully saturated rings. The minimum atomic E-state index is 0.420. The molecule has 0 spiro atoms. The third-order valence-corrected chi connectivity index (χ3v) is 2.85. The Labute approximate surface area is 100 Å². The van der Waals surface area contributed by atoms with Crippen LogP contribution in [0.25, 0.3) is 0 Å². The first-order chi connectivity index (χ1) is 7.40. The highest BCUT2D eigenvalue weighted by molar-refractivity contribution is 5.80. The molecule has 2 N–H and O–H groups in total. The van der Waals surface area contributed by atoms with Gasteiger partial charge in [0, 0.05) is 19.1 Å². The summed E-state index contributed by atoms with van der Waals surface area (Å²) in [6.07, 6.45) is 5.00. The highest BCUT2D eigenvalue weighted by atomic mass is 15.2. The maximum atomic E-state index is 4.25. The van der Waals surface area contributed by atoms with Crippen molar-refractivity contribution in [2.45, 2.75) is 65.5 Å². The fourth-order valence-corrected chi connectivity index (χ4v) is 1.55. The van der Waals surface area contributed by atoms with Gasteiger partial charge >= 0.3 is 0 Å². The quantitative estimate of drug-likeness (QED) is 0.570. The van der Waals surface area contributed by atoms with Gasteiger partial charge in [-0.1, -0.05) is 20.8 Å². The SMILES string of the molecule is CN=C(NC(C)CCC(C)(C)C)NC1CC1. The first kappa shape index (κ1) is 13.3. The lowest BCUT2D eigenvalue weighted by atomic mass is 9.89. The van der Waals surface area contributed by atoms with Gasteiger partial charge in [0.1, 0.15) is 0 Å². The van der Waals surface area contributed by atoms with E-state index in [4.69, 9.17) is 0 Å². The van der Waals surface area contributed by atoms with Gasteiger partial charge in [0.25, 0.3) is 0 Å². The maximum Gasteiger partial charge on any atom is 0.191 e. The van der Waals surface area contributed by atoms with Crippen molar-refractivity contribution in [2.24, 2.45) is 10.4 Å². The molecule has 0 aromatic carbocycles. The lowest BCUT2D eigenvalue weighted by Crippen LogP contribution is -2.43. The van der Waals surface area contributed by atoms with Crippen molar-refractivity contribution in [3.8, 4) is 0 Å². The molecule has 0 saturated heterocycles. The van der Waals surface area contributed by atoms with E-state index in [0.717, 1.165) is 5.96 Å². The summed E-state index contributed by atoms with van der Waals surface area (Å²) in [7, 11) is 1.84. The van der Waals surface area contributed by atoms with Crippen LogP contribution in [0.5, 0.6) is 0 Å². The average Bonchev–Trinajstić information content (AvgIpc) is 2.96. The molecular weight excluding hydrogens is 198 g/mol. The van der Waals surface area contributed by atoms with Gasteiger partial charge in [0.15, 0.2) is 5.96 Å². The summed E-state index contributed by atoms with van der Waals surface area (Å²) < 4.78 is 0. The molecule has 0 aromatic heterocycles. The molecule has 16 heavy (non-hydrogen) atoms. The predicted octanol–water partition coefficient (Wildman–Crippen LogP) is 2.53. The molecule has 1 rings (SSSR count). The Morgan fingerprint density at radius 2 is 2.00 bits per heavy atom. The summed E-state index contributed by atoms with van der Waals surface area (Å²) >= 11 is 0. The number of hydrogen-bond donors (Lipinski definition) is 2. The Balaban J connectivity index is 2.22. The first-order valence-corrected chi connectivity index (χ1v) is 6.40. The van der Waals surface area contributed by atoms with Gasteiger partial charge < -0.3 is 10.6 Å². The zero-order chi connectivity index (χ0) is 12.2. The summed E-state index contributed by atoms with van der Waals surface area (Å²) in [4.78, 5) is 4.25. The van der Waals surface area contributed by atoms with Crippen molar-refractivity contribution >= 4 is 5.96 Å². The third-order valence-electron chi connectivity index (χ3n) is 2.85. The fraction of sp³-hybridized carbons (Fsp3) is 0.923. The van der Waals surface area contributed by atoms with Crippen molar-refractivity contribution < 1.29 is 0 Å². The first-order valence-electron chi connectivity index (χ1n) is 6.40. The van der Waals surface area contributed by atoms with Gasteiger partial charge in [-0.25, -0.2) is 0 Å². The standard InChI is InChI=1S/C13H27N3/c1-10(8-9-13(2,3)4)15-12(14-5)16-11-6-7-11/h10-11H,6-9H2,1-5H3,(H2,14,15,16). The molecule has 1 aliphatic carbocycles. The van der Waals surface area contributed by atoms with Gasteiger partial charge in [-0.05, 0) is 38.0 Å². The Morgan fingerprint density at radius 1 is 1.38 bits per heavy atom. The van der Waals surface area contributed by atoms with Crippen LogP contribution in [0.4, 0.5) is 0 Å². The lowest BCUT2D eigenvalue weighted by molar-refractivity contribution is 0.346. The highest BCUT2D eigenvalue weighted by Gasteiger charge is 2.22. The molecule has 1 atom stereocenters. The van der Waals surface area contributed by atoms with Crippen LogP contribution in [-0.2, 0) is 0 Å². The molecule has 3 nitrogen and oxygen atoms in total. The van der Waals surface area contributed by atoms with Gasteiger partial charge in [0.05, 0.1) is 0 Å². The molecule has 94 valence electrons. The molecule has 0 aliphatic heterocycles. The van der Waals surface area contributed by atoms with Crippen molar-refractivity contribution in [2.75, 3.05) is 7.05 Å². The summed E-state index contributed by atoms with van der Waals surface area (Å²) in [6.45, 7) is 9.09. The van der Waals surface area contributed by atoms with Crippen LogP contribution in [0.2, 0.25) is 0 Å². The Kier molecular flexibility index (Phi) is 4.63. The van der Waals surface area contributed by atoms with Gasteiger partial charge in [-0.15, -0.1) is 0 Å². The summed E-state index contributed by atoms with van der Waals surface area (Å²) in [5.74, 6) is 0.962. The van der Waals surface area contributed by atoms with Crippen molar-refractivity contribution in [3.05, 3.63) is 0 Å². The number of aliphatic imine (C=N–C) groups is 1. The van der Waals surface area contributed by atoms with Crippen LogP contribution in [0.1, 0.15) is 53.4 Å². The largest absolute Gasteiger partial charge is 0.354 e. The van der Waals surface area contributed by atoms with Crippen molar-refractivity contribution in [1.82, 2.24) is 10.6 Å². The Hall–Kier alpha value is -0.730. The number of hydrogen-bond acceptors (Lipinski definition) is 1. The van der Waals surface area contributed by atoms with Crippen LogP contribution in [0, 0.1) is 5.41 Å². The second-order valence-corrected chi connectivity index (χ2v) is 6.14. The van der Waals surface area contributed by atoms with E-state index < -0.39 is 0 Å². The topological polar surface area (TPSA) is 36.4 Å². The number of guanidine groups is 1. The monoisotopic (exact) mass is 225 g/mol. The Bertz CT molecular complexity index is 236. The molecule has 0 heterocycles. The molecule has 0 amide bonds.